The average Bonchev–Trinajstić information content (AvgIpc) is 3.01. The summed E-state index contributed by atoms with van der Waals surface area (Å²) >= 11 is 5.87. The molecule has 1 aromatic heterocycles. The van der Waals surface area contributed by atoms with Gasteiger partial charge in [0.25, 0.3) is 0 Å². The highest BCUT2D eigenvalue weighted by Crippen LogP contribution is 2.29. The topological polar surface area (TPSA) is 72.7 Å². The minimum absolute atomic E-state index is 0.0685. The third kappa shape index (κ3) is 3.93. The van der Waals surface area contributed by atoms with Gasteiger partial charge in [-0.1, -0.05) is 38.3 Å². The first-order chi connectivity index (χ1) is 11.5. The molecule has 0 bridgehead atoms. The Labute approximate surface area is 146 Å². The Morgan fingerprint density at radius 2 is 2.04 bits per heavy atom. The van der Waals surface area contributed by atoms with Crippen LogP contribution in [0.1, 0.15) is 33.1 Å². The van der Waals surface area contributed by atoms with Gasteiger partial charge in [-0.05, 0) is 47.7 Å². The lowest BCUT2D eigenvalue weighted by molar-refractivity contribution is -0.123. The Kier molecular flexibility index (Phi) is 5.14. The molecule has 1 amide bonds. The Morgan fingerprint density at radius 1 is 1.29 bits per heavy atom. The van der Waals surface area contributed by atoms with Crippen LogP contribution in [0.3, 0.4) is 0 Å². The summed E-state index contributed by atoms with van der Waals surface area (Å²) in [6.07, 6.45) is 3.44. The number of hydrogen-bond donors (Lipinski definition) is 1. The Bertz CT molecular complexity index is 699. The molecule has 7 heteroatoms. The molecule has 1 saturated carbocycles. The summed E-state index contributed by atoms with van der Waals surface area (Å²) in [5.41, 5.74) is 0.820. The fraction of sp³-hybridized carbons (Fsp3) is 0.529. The van der Waals surface area contributed by atoms with E-state index in [-0.39, 0.29) is 18.5 Å². The van der Waals surface area contributed by atoms with E-state index in [1.807, 2.05) is 12.1 Å². The number of tetrazole rings is 1. The molecule has 0 spiro atoms. The summed E-state index contributed by atoms with van der Waals surface area (Å²) in [6, 6.07) is 7.44. The molecule has 0 radical (unpaired) electrons. The van der Waals surface area contributed by atoms with Crippen molar-refractivity contribution in [2.45, 2.75) is 45.7 Å². The number of nitrogens with one attached hydrogen (secondary N) is 1. The van der Waals surface area contributed by atoms with Gasteiger partial charge < -0.3 is 5.32 Å². The zero-order valence-electron chi connectivity index (χ0n) is 13.9. The molecular weight excluding hydrogens is 326 g/mol. The van der Waals surface area contributed by atoms with E-state index in [1.54, 1.807) is 12.1 Å². The Balaban J connectivity index is 1.60. The van der Waals surface area contributed by atoms with Gasteiger partial charge in [-0.25, -0.2) is 0 Å². The van der Waals surface area contributed by atoms with Gasteiger partial charge in [-0.3, -0.25) is 4.79 Å². The number of amides is 1. The minimum atomic E-state index is -0.0685. The number of nitrogens with zero attached hydrogens (tertiary/aromatic N) is 4. The second-order valence-electron chi connectivity index (χ2n) is 6.59. The van der Waals surface area contributed by atoms with E-state index in [2.05, 4.69) is 34.6 Å². The van der Waals surface area contributed by atoms with E-state index in [1.165, 1.54) is 17.6 Å². The molecule has 0 aliphatic heterocycles. The van der Waals surface area contributed by atoms with Gasteiger partial charge in [0.05, 0.1) is 0 Å². The van der Waals surface area contributed by atoms with Crippen LogP contribution >= 0.6 is 11.6 Å². The molecule has 1 fully saturated rings. The van der Waals surface area contributed by atoms with E-state index in [0.717, 1.165) is 12.0 Å². The molecule has 3 rings (SSSR count). The lowest BCUT2D eigenvalue weighted by Crippen LogP contribution is -2.45. The normalized spacial score (nSPS) is 23.9. The van der Waals surface area contributed by atoms with E-state index in [4.69, 9.17) is 11.6 Å². The average molecular weight is 348 g/mol. The van der Waals surface area contributed by atoms with E-state index >= 15 is 0 Å². The van der Waals surface area contributed by atoms with Gasteiger partial charge in [-0.15, -0.1) is 10.2 Å². The fourth-order valence-electron chi connectivity index (χ4n) is 3.19. The number of aromatic nitrogens is 4. The monoisotopic (exact) mass is 347 g/mol. The summed E-state index contributed by atoms with van der Waals surface area (Å²) in [4.78, 5) is 13.6. The van der Waals surface area contributed by atoms with Crippen molar-refractivity contribution in [1.82, 2.24) is 25.5 Å². The molecule has 6 nitrogen and oxygen atoms in total. The van der Waals surface area contributed by atoms with Crippen molar-refractivity contribution >= 4 is 17.5 Å². The van der Waals surface area contributed by atoms with Crippen LogP contribution in [0.2, 0.25) is 5.02 Å². The van der Waals surface area contributed by atoms with Crippen molar-refractivity contribution in [1.29, 1.82) is 0 Å². The molecule has 2 aromatic rings. The van der Waals surface area contributed by atoms with Crippen molar-refractivity contribution in [2.24, 2.45) is 11.8 Å². The maximum Gasteiger partial charge on any atom is 0.243 e. The molecule has 128 valence electrons. The molecule has 0 unspecified atom stereocenters. The summed E-state index contributed by atoms with van der Waals surface area (Å²) < 4.78 is 0. The molecule has 1 aromatic carbocycles. The maximum absolute atomic E-state index is 12.3. The number of benzene rings is 1. The van der Waals surface area contributed by atoms with E-state index in [9.17, 15) is 4.79 Å². The zero-order chi connectivity index (χ0) is 17.1. The highest BCUT2D eigenvalue weighted by atomic mass is 35.5. The second-order valence-corrected chi connectivity index (χ2v) is 7.03. The van der Waals surface area contributed by atoms with Crippen molar-refractivity contribution in [2.75, 3.05) is 0 Å². The second kappa shape index (κ2) is 7.30. The van der Waals surface area contributed by atoms with Crippen LogP contribution in [0.25, 0.3) is 11.4 Å². The van der Waals surface area contributed by atoms with Crippen molar-refractivity contribution in [3.63, 3.8) is 0 Å². The molecular formula is C17H22ClN5O. The number of carbonyl (C=O) groups excluding carboxylic acids is 1. The Morgan fingerprint density at radius 3 is 2.79 bits per heavy atom. The number of rotatable bonds is 4. The molecule has 1 aliphatic rings. The lowest BCUT2D eigenvalue weighted by Gasteiger charge is -2.34. The third-order valence-corrected chi connectivity index (χ3v) is 5.15. The van der Waals surface area contributed by atoms with Crippen LogP contribution in [0, 0.1) is 11.8 Å². The van der Waals surface area contributed by atoms with Crippen molar-refractivity contribution in [3.8, 4) is 11.4 Å². The lowest BCUT2D eigenvalue weighted by atomic mass is 9.78. The van der Waals surface area contributed by atoms with Gasteiger partial charge in [0.1, 0.15) is 6.54 Å². The molecule has 1 aliphatic carbocycles. The number of hydrogen-bond acceptors (Lipinski definition) is 4. The van der Waals surface area contributed by atoms with Crippen LogP contribution < -0.4 is 5.32 Å². The first-order valence-electron chi connectivity index (χ1n) is 8.36. The summed E-state index contributed by atoms with van der Waals surface area (Å²) in [7, 11) is 0. The summed E-state index contributed by atoms with van der Waals surface area (Å²) in [5, 5.41) is 16.0. The standard InChI is InChI=1S/C17H22ClN5O/c1-11-4-3-5-15(12(11)2)19-16(24)10-23-21-17(20-22-23)13-6-8-14(18)9-7-13/h6-9,11-12,15H,3-5,10H2,1-2H3,(H,19,24)/t11-,12+,15-/m1/s1. The van der Waals surface area contributed by atoms with E-state index < -0.39 is 0 Å². The Hall–Kier alpha value is -1.95. The molecule has 0 saturated heterocycles. The van der Waals surface area contributed by atoms with Gasteiger partial charge in [0.2, 0.25) is 11.7 Å². The van der Waals surface area contributed by atoms with Crippen LogP contribution in [-0.4, -0.2) is 32.2 Å². The van der Waals surface area contributed by atoms with Crippen LogP contribution in [0.4, 0.5) is 0 Å². The number of halogens is 1. The molecule has 1 N–H and O–H groups in total. The molecule has 24 heavy (non-hydrogen) atoms. The zero-order valence-corrected chi connectivity index (χ0v) is 14.7. The predicted molar refractivity (Wildman–Crippen MR) is 92.4 cm³/mol. The van der Waals surface area contributed by atoms with Crippen LogP contribution in [0.5, 0.6) is 0 Å². The van der Waals surface area contributed by atoms with Gasteiger partial charge in [0.15, 0.2) is 0 Å². The molecule has 3 atom stereocenters. The van der Waals surface area contributed by atoms with Crippen molar-refractivity contribution in [3.05, 3.63) is 29.3 Å². The maximum atomic E-state index is 12.3. The fourth-order valence-corrected chi connectivity index (χ4v) is 3.32. The van der Waals surface area contributed by atoms with Crippen LogP contribution in [0.15, 0.2) is 24.3 Å². The first kappa shape index (κ1) is 16.9. The number of carbonyl (C=O) groups is 1. The van der Waals surface area contributed by atoms with Crippen molar-refractivity contribution < 1.29 is 4.79 Å². The summed E-state index contributed by atoms with van der Waals surface area (Å²) in [5.74, 6) is 1.56. The largest absolute Gasteiger partial charge is 0.351 e. The summed E-state index contributed by atoms with van der Waals surface area (Å²) in [6.45, 7) is 4.54. The third-order valence-electron chi connectivity index (χ3n) is 4.89. The van der Waals surface area contributed by atoms with E-state index in [0.29, 0.717) is 22.7 Å². The van der Waals surface area contributed by atoms with Gasteiger partial charge in [-0.2, -0.15) is 4.80 Å². The predicted octanol–water partition coefficient (Wildman–Crippen LogP) is 2.93. The molecule has 1 heterocycles. The van der Waals surface area contributed by atoms with Crippen LogP contribution in [-0.2, 0) is 11.3 Å². The van der Waals surface area contributed by atoms with Gasteiger partial charge in [0, 0.05) is 16.6 Å². The first-order valence-corrected chi connectivity index (χ1v) is 8.74. The highest BCUT2D eigenvalue weighted by molar-refractivity contribution is 6.30. The highest BCUT2D eigenvalue weighted by Gasteiger charge is 2.28. The SMILES string of the molecule is C[C@H]1[C@H](C)CCC[C@H]1NC(=O)Cn1nnc(-c2ccc(Cl)cc2)n1. The van der Waals surface area contributed by atoms with Gasteiger partial charge >= 0.3 is 0 Å². The quantitative estimate of drug-likeness (QED) is 0.922. The minimum Gasteiger partial charge on any atom is -0.351 e. The smallest absolute Gasteiger partial charge is 0.243 e.